The molecule has 3 fully saturated rings. The lowest BCUT2D eigenvalue weighted by Crippen LogP contribution is -2.57. The van der Waals surface area contributed by atoms with Crippen LogP contribution in [0.15, 0.2) is 42.7 Å². The summed E-state index contributed by atoms with van der Waals surface area (Å²) in [5.41, 5.74) is 2.46. The number of likely N-dealkylation sites (tertiary alicyclic amines) is 1. The number of pyridine rings is 1. The minimum Gasteiger partial charge on any atom is -0.481 e. The van der Waals surface area contributed by atoms with Crippen molar-refractivity contribution < 1.29 is 19.4 Å². The van der Waals surface area contributed by atoms with Crippen molar-refractivity contribution in [1.29, 1.82) is 0 Å². The number of carbonyl (C=O) groups is 2. The van der Waals surface area contributed by atoms with Crippen LogP contribution in [-0.4, -0.2) is 80.5 Å². The van der Waals surface area contributed by atoms with Crippen molar-refractivity contribution in [3.63, 3.8) is 0 Å². The van der Waals surface area contributed by atoms with Crippen LogP contribution in [0.25, 0.3) is 11.3 Å². The molecule has 226 valence electrons. The lowest BCUT2D eigenvalue weighted by Gasteiger charge is -2.43. The van der Waals surface area contributed by atoms with Gasteiger partial charge in [-0.2, -0.15) is 0 Å². The second-order valence-corrected chi connectivity index (χ2v) is 12.4. The van der Waals surface area contributed by atoms with Crippen LogP contribution in [0.4, 0.5) is 5.95 Å². The van der Waals surface area contributed by atoms with E-state index in [1.54, 1.807) is 18.5 Å². The predicted octanol–water partition coefficient (Wildman–Crippen LogP) is 5.53. The standard InChI is InChI=1S/C31H34Cl2N6O4/c32-23-13-22(14-24(33)15-23)27-10-21(18-37-6-4-20(5-7-37)12-30(41)42)11-28(36-27)43-26-16-34-31(35-17-26)38-8-9-39-25(19-38)2-1-3-29(39)40/h10-11,13-17,20,25H,1-9,12,18-19H2,(H,41,42). The minimum absolute atomic E-state index is 0.211. The van der Waals surface area contributed by atoms with Crippen LogP contribution < -0.4 is 9.64 Å². The Kier molecular flexibility index (Phi) is 8.97. The topological polar surface area (TPSA) is 112 Å². The smallest absolute Gasteiger partial charge is 0.303 e. The number of carboxylic acids is 1. The number of fused-ring (bicyclic) bond motifs is 1. The predicted molar refractivity (Wildman–Crippen MR) is 164 cm³/mol. The molecular formula is C31H34Cl2N6O4. The molecule has 0 aliphatic carbocycles. The fraction of sp³-hybridized carbons (Fsp3) is 0.452. The first-order valence-electron chi connectivity index (χ1n) is 14.7. The highest BCUT2D eigenvalue weighted by Crippen LogP contribution is 2.31. The van der Waals surface area contributed by atoms with Gasteiger partial charge in [-0.1, -0.05) is 23.2 Å². The molecule has 3 aliphatic rings. The number of piperidine rings is 2. The molecule has 1 atom stereocenters. The number of carbonyl (C=O) groups excluding carboxylic acids is 1. The van der Waals surface area contributed by atoms with Gasteiger partial charge in [-0.25, -0.2) is 15.0 Å². The van der Waals surface area contributed by atoms with Crippen molar-refractivity contribution in [3.8, 4) is 22.9 Å². The number of halogens is 2. The van der Waals surface area contributed by atoms with Crippen molar-refractivity contribution >= 4 is 41.0 Å². The van der Waals surface area contributed by atoms with Crippen molar-refractivity contribution in [3.05, 3.63) is 58.3 Å². The van der Waals surface area contributed by atoms with E-state index >= 15 is 0 Å². The summed E-state index contributed by atoms with van der Waals surface area (Å²) in [6, 6.07) is 9.44. The Bertz CT molecular complexity index is 1460. The van der Waals surface area contributed by atoms with Gasteiger partial charge in [0, 0.05) is 66.7 Å². The van der Waals surface area contributed by atoms with Crippen molar-refractivity contribution in [2.45, 2.75) is 51.1 Å². The van der Waals surface area contributed by atoms with Crippen LogP contribution in [0, 0.1) is 5.92 Å². The average Bonchev–Trinajstić information content (AvgIpc) is 2.98. The number of amides is 1. The summed E-state index contributed by atoms with van der Waals surface area (Å²) in [6.07, 6.45) is 7.81. The number of aromatic nitrogens is 3. The first kappa shape index (κ1) is 29.6. The molecular weight excluding hydrogens is 591 g/mol. The fourth-order valence-electron chi connectivity index (χ4n) is 6.30. The van der Waals surface area contributed by atoms with Gasteiger partial charge >= 0.3 is 5.97 Å². The van der Waals surface area contributed by atoms with Gasteiger partial charge in [0.25, 0.3) is 0 Å². The van der Waals surface area contributed by atoms with Crippen LogP contribution >= 0.6 is 23.2 Å². The lowest BCUT2D eigenvalue weighted by molar-refractivity contribution is -0.138. The number of carboxylic acid groups (broad SMARTS) is 1. The molecule has 6 rings (SSSR count). The maximum absolute atomic E-state index is 12.2. The Morgan fingerprint density at radius 3 is 2.44 bits per heavy atom. The van der Waals surface area contributed by atoms with Crippen molar-refractivity contribution in [2.75, 3.05) is 37.6 Å². The zero-order valence-corrected chi connectivity index (χ0v) is 25.3. The molecule has 12 heteroatoms. The molecule has 3 aliphatic heterocycles. The van der Waals surface area contributed by atoms with E-state index in [0.717, 1.165) is 56.4 Å². The highest BCUT2D eigenvalue weighted by molar-refractivity contribution is 6.35. The number of hydrogen-bond acceptors (Lipinski definition) is 8. The van der Waals surface area contributed by atoms with E-state index < -0.39 is 5.97 Å². The van der Waals surface area contributed by atoms with E-state index in [-0.39, 0.29) is 24.3 Å². The van der Waals surface area contributed by atoms with Gasteiger partial charge in [0.2, 0.25) is 17.7 Å². The van der Waals surface area contributed by atoms with Gasteiger partial charge in [0.15, 0.2) is 5.75 Å². The molecule has 3 saturated heterocycles. The molecule has 43 heavy (non-hydrogen) atoms. The maximum Gasteiger partial charge on any atom is 0.303 e. The summed E-state index contributed by atoms with van der Waals surface area (Å²) in [7, 11) is 0. The SMILES string of the molecule is O=C(O)CC1CCN(Cc2cc(Oc3cnc(N4CCN5C(=O)CCCC5C4)nc3)nc(-c3cc(Cl)cc(Cl)c3)c2)CC1. The highest BCUT2D eigenvalue weighted by Gasteiger charge is 2.33. The second kappa shape index (κ2) is 13.0. The number of rotatable bonds is 8. The number of piperazine rings is 1. The molecule has 1 aromatic carbocycles. The average molecular weight is 626 g/mol. The van der Waals surface area contributed by atoms with Crippen LogP contribution in [0.5, 0.6) is 11.6 Å². The van der Waals surface area contributed by atoms with Crippen LogP contribution in [0.3, 0.4) is 0 Å². The zero-order chi connectivity index (χ0) is 29.9. The van der Waals surface area contributed by atoms with Gasteiger partial charge < -0.3 is 19.6 Å². The van der Waals surface area contributed by atoms with Crippen LogP contribution in [0.1, 0.15) is 44.1 Å². The first-order valence-corrected chi connectivity index (χ1v) is 15.5. The Morgan fingerprint density at radius 1 is 0.977 bits per heavy atom. The molecule has 0 bridgehead atoms. The lowest BCUT2D eigenvalue weighted by atomic mass is 9.93. The third-order valence-electron chi connectivity index (χ3n) is 8.45. The minimum atomic E-state index is -0.737. The van der Waals surface area contributed by atoms with Crippen molar-refractivity contribution in [1.82, 2.24) is 24.8 Å². The van der Waals surface area contributed by atoms with Gasteiger partial charge in [-0.05, 0) is 74.5 Å². The first-order chi connectivity index (χ1) is 20.8. The summed E-state index contributed by atoms with van der Waals surface area (Å²) in [4.78, 5) is 43.7. The maximum atomic E-state index is 12.2. The summed E-state index contributed by atoms with van der Waals surface area (Å²) in [5, 5.41) is 10.2. The van der Waals surface area contributed by atoms with E-state index in [1.165, 1.54) is 0 Å². The van der Waals surface area contributed by atoms with Crippen molar-refractivity contribution in [2.24, 2.45) is 5.92 Å². The van der Waals surface area contributed by atoms with Crippen LogP contribution in [0.2, 0.25) is 10.0 Å². The summed E-state index contributed by atoms with van der Waals surface area (Å²) in [5.74, 6) is 1.20. The fourth-order valence-corrected chi connectivity index (χ4v) is 6.82. The molecule has 3 aromatic rings. The van der Waals surface area contributed by atoms with E-state index in [2.05, 4.69) is 19.8 Å². The molecule has 1 unspecified atom stereocenters. The molecule has 2 aromatic heterocycles. The number of ether oxygens (including phenoxy) is 1. The second-order valence-electron chi connectivity index (χ2n) is 11.6. The monoisotopic (exact) mass is 624 g/mol. The number of hydrogen-bond donors (Lipinski definition) is 1. The third kappa shape index (κ3) is 7.37. The molecule has 1 amide bonds. The number of aliphatic carboxylic acids is 1. The van der Waals surface area contributed by atoms with E-state index in [4.69, 9.17) is 38.0 Å². The van der Waals surface area contributed by atoms with Gasteiger partial charge in [-0.3, -0.25) is 14.5 Å². The molecule has 0 spiro atoms. The summed E-state index contributed by atoms with van der Waals surface area (Å²) < 4.78 is 6.18. The van der Waals surface area contributed by atoms with E-state index in [0.29, 0.717) is 59.4 Å². The Hall–Kier alpha value is -3.47. The normalized spacial score (nSPS) is 19.8. The zero-order valence-electron chi connectivity index (χ0n) is 23.8. The van der Waals surface area contributed by atoms with E-state index in [1.807, 2.05) is 29.2 Å². The van der Waals surface area contributed by atoms with E-state index in [9.17, 15) is 9.59 Å². The molecule has 1 N–H and O–H groups in total. The molecule has 10 nitrogen and oxygen atoms in total. The van der Waals surface area contributed by atoms with Crippen LogP contribution in [-0.2, 0) is 16.1 Å². The Balaban J connectivity index is 1.18. The van der Waals surface area contributed by atoms with Gasteiger partial charge in [0.05, 0.1) is 18.1 Å². The summed E-state index contributed by atoms with van der Waals surface area (Å²) in [6.45, 7) is 4.45. The molecule has 0 radical (unpaired) electrons. The quantitative estimate of drug-likeness (QED) is 0.346. The summed E-state index contributed by atoms with van der Waals surface area (Å²) >= 11 is 12.6. The third-order valence-corrected chi connectivity index (χ3v) is 8.88. The van der Waals surface area contributed by atoms with Gasteiger partial charge in [-0.15, -0.1) is 0 Å². The number of anilines is 1. The largest absolute Gasteiger partial charge is 0.481 e. The Morgan fingerprint density at radius 2 is 1.72 bits per heavy atom. The van der Waals surface area contributed by atoms with Gasteiger partial charge in [0.1, 0.15) is 0 Å². The molecule has 5 heterocycles. The highest BCUT2D eigenvalue weighted by atomic mass is 35.5. The Labute approximate surface area is 260 Å². The molecule has 0 saturated carbocycles. The number of benzene rings is 1. The number of nitrogens with zero attached hydrogens (tertiary/aromatic N) is 6.